The second-order valence-electron chi connectivity index (χ2n) is 5.70. The van der Waals surface area contributed by atoms with Gasteiger partial charge < -0.3 is 14.2 Å². The lowest BCUT2D eigenvalue weighted by Crippen LogP contribution is -2.07. The summed E-state index contributed by atoms with van der Waals surface area (Å²) in [6.45, 7) is 0. The van der Waals surface area contributed by atoms with E-state index >= 15 is 0 Å². The molecule has 1 N–H and O–H groups in total. The van der Waals surface area contributed by atoms with Gasteiger partial charge in [-0.25, -0.2) is 0 Å². The summed E-state index contributed by atoms with van der Waals surface area (Å²) in [4.78, 5) is 12.1. The lowest BCUT2D eigenvalue weighted by molar-refractivity contribution is -0.111. The van der Waals surface area contributed by atoms with Crippen LogP contribution >= 0.6 is 0 Å². The van der Waals surface area contributed by atoms with E-state index in [9.17, 15) is 4.79 Å². The predicted molar refractivity (Wildman–Crippen MR) is 102 cm³/mol. The van der Waals surface area contributed by atoms with Crippen LogP contribution in [-0.4, -0.2) is 16.1 Å². The molecule has 0 saturated carbocycles. The summed E-state index contributed by atoms with van der Waals surface area (Å²) in [5.74, 6) is 1.18. The van der Waals surface area contributed by atoms with Crippen LogP contribution < -0.4 is 5.32 Å². The molecule has 132 valence electrons. The van der Waals surface area contributed by atoms with E-state index in [0.29, 0.717) is 23.2 Å². The Morgan fingerprint density at radius 2 is 1.67 bits per heavy atom. The summed E-state index contributed by atoms with van der Waals surface area (Å²) in [6, 6.07) is 20.3. The van der Waals surface area contributed by atoms with Gasteiger partial charge in [0, 0.05) is 22.9 Å². The third-order valence-electron chi connectivity index (χ3n) is 3.76. The number of hydrogen-bond donors (Lipinski definition) is 1. The Balaban J connectivity index is 1.49. The van der Waals surface area contributed by atoms with Crippen molar-refractivity contribution in [1.29, 1.82) is 0 Å². The Hall–Kier alpha value is -3.93. The maximum absolute atomic E-state index is 12.1. The second-order valence-corrected chi connectivity index (χ2v) is 5.70. The summed E-state index contributed by atoms with van der Waals surface area (Å²) >= 11 is 0. The second kappa shape index (κ2) is 7.53. The van der Waals surface area contributed by atoms with Crippen molar-refractivity contribution in [2.24, 2.45) is 0 Å². The quantitative estimate of drug-likeness (QED) is 0.526. The van der Waals surface area contributed by atoms with E-state index in [-0.39, 0.29) is 5.91 Å². The topological polar surface area (TPSA) is 81.2 Å². The number of carbonyl (C=O) groups is 1. The molecule has 0 spiro atoms. The van der Waals surface area contributed by atoms with Gasteiger partial charge in [-0.3, -0.25) is 4.79 Å². The molecule has 2 aromatic carbocycles. The van der Waals surface area contributed by atoms with E-state index in [1.54, 1.807) is 36.6 Å². The highest BCUT2D eigenvalue weighted by Gasteiger charge is 2.11. The SMILES string of the molecule is O=C(C=Cc1ccco1)Nc1cccc(-c2nnc(-c3ccccc3)o2)c1. The first-order valence-corrected chi connectivity index (χ1v) is 8.30. The van der Waals surface area contributed by atoms with Gasteiger partial charge in [-0.15, -0.1) is 10.2 Å². The van der Waals surface area contributed by atoms with Crippen molar-refractivity contribution in [3.05, 3.63) is 84.8 Å². The van der Waals surface area contributed by atoms with E-state index in [1.807, 2.05) is 42.5 Å². The smallest absolute Gasteiger partial charge is 0.248 e. The van der Waals surface area contributed by atoms with E-state index in [1.165, 1.54) is 6.08 Å². The standard InChI is InChI=1S/C21H15N3O3/c25-19(12-11-18-10-5-13-26-18)22-17-9-4-8-16(14-17)21-24-23-20(27-21)15-6-2-1-3-7-15/h1-14H,(H,22,25). The monoisotopic (exact) mass is 357 g/mol. The number of carbonyl (C=O) groups excluding carboxylic acids is 1. The molecule has 4 rings (SSSR count). The Bertz CT molecular complexity index is 1070. The molecule has 1 amide bonds. The van der Waals surface area contributed by atoms with Crippen molar-refractivity contribution < 1.29 is 13.6 Å². The molecule has 0 aliphatic heterocycles. The van der Waals surface area contributed by atoms with Crippen LogP contribution in [0.1, 0.15) is 5.76 Å². The molecular weight excluding hydrogens is 342 g/mol. The molecule has 0 unspecified atom stereocenters. The van der Waals surface area contributed by atoms with Crippen LogP contribution in [0.4, 0.5) is 5.69 Å². The van der Waals surface area contributed by atoms with E-state index in [0.717, 1.165) is 11.1 Å². The zero-order valence-electron chi connectivity index (χ0n) is 14.2. The van der Waals surface area contributed by atoms with Crippen LogP contribution in [0.5, 0.6) is 0 Å². The predicted octanol–water partition coefficient (Wildman–Crippen LogP) is 4.65. The van der Waals surface area contributed by atoms with E-state index in [2.05, 4.69) is 15.5 Å². The van der Waals surface area contributed by atoms with Gasteiger partial charge in [0.05, 0.1) is 6.26 Å². The highest BCUT2D eigenvalue weighted by Crippen LogP contribution is 2.25. The number of amides is 1. The normalized spacial score (nSPS) is 11.0. The average molecular weight is 357 g/mol. The number of furan rings is 1. The van der Waals surface area contributed by atoms with Crippen LogP contribution in [0, 0.1) is 0 Å². The number of rotatable bonds is 5. The zero-order chi connectivity index (χ0) is 18.5. The van der Waals surface area contributed by atoms with Crippen molar-refractivity contribution in [2.75, 3.05) is 5.32 Å². The molecule has 2 aromatic heterocycles. The number of nitrogens with one attached hydrogen (secondary N) is 1. The molecule has 0 aliphatic rings. The van der Waals surface area contributed by atoms with Gasteiger partial charge >= 0.3 is 0 Å². The van der Waals surface area contributed by atoms with Crippen LogP contribution in [0.3, 0.4) is 0 Å². The molecule has 0 fully saturated rings. The molecule has 0 atom stereocenters. The molecule has 0 saturated heterocycles. The first-order valence-electron chi connectivity index (χ1n) is 8.30. The number of nitrogens with zero attached hydrogens (tertiary/aromatic N) is 2. The van der Waals surface area contributed by atoms with Crippen LogP contribution in [0.2, 0.25) is 0 Å². The van der Waals surface area contributed by atoms with Gasteiger partial charge in [-0.2, -0.15) is 0 Å². The zero-order valence-corrected chi connectivity index (χ0v) is 14.2. The molecule has 6 nitrogen and oxygen atoms in total. The van der Waals surface area contributed by atoms with Crippen LogP contribution in [0.25, 0.3) is 29.0 Å². The molecule has 4 aromatic rings. The Kier molecular flexibility index (Phi) is 4.61. The molecule has 6 heteroatoms. The first kappa shape index (κ1) is 16.5. The van der Waals surface area contributed by atoms with E-state index < -0.39 is 0 Å². The minimum Gasteiger partial charge on any atom is -0.465 e. The summed E-state index contributed by atoms with van der Waals surface area (Å²) in [6.07, 6.45) is 4.56. The van der Waals surface area contributed by atoms with E-state index in [4.69, 9.17) is 8.83 Å². The van der Waals surface area contributed by atoms with Crippen LogP contribution in [0.15, 0.2) is 87.9 Å². The highest BCUT2D eigenvalue weighted by molar-refractivity contribution is 6.02. The number of benzene rings is 2. The maximum Gasteiger partial charge on any atom is 0.248 e. The minimum absolute atomic E-state index is 0.265. The van der Waals surface area contributed by atoms with Crippen molar-refractivity contribution in [1.82, 2.24) is 10.2 Å². The summed E-state index contributed by atoms with van der Waals surface area (Å²) in [5.41, 5.74) is 2.20. The minimum atomic E-state index is -0.265. The Labute approximate surface area is 155 Å². The molecule has 0 radical (unpaired) electrons. The van der Waals surface area contributed by atoms with Crippen molar-refractivity contribution in [2.45, 2.75) is 0 Å². The van der Waals surface area contributed by atoms with Crippen molar-refractivity contribution in [3.8, 4) is 22.9 Å². The fraction of sp³-hybridized carbons (Fsp3) is 0. The third kappa shape index (κ3) is 4.01. The largest absolute Gasteiger partial charge is 0.465 e. The van der Waals surface area contributed by atoms with Gasteiger partial charge in [0.1, 0.15) is 5.76 Å². The van der Waals surface area contributed by atoms with Gasteiger partial charge in [-0.1, -0.05) is 24.3 Å². The molecule has 0 bridgehead atoms. The van der Waals surface area contributed by atoms with Crippen molar-refractivity contribution >= 4 is 17.7 Å². The lowest BCUT2D eigenvalue weighted by atomic mass is 10.2. The highest BCUT2D eigenvalue weighted by atomic mass is 16.4. The lowest BCUT2D eigenvalue weighted by Gasteiger charge is -2.03. The molecule has 0 aliphatic carbocycles. The average Bonchev–Trinajstić information content (AvgIpc) is 3.39. The Morgan fingerprint density at radius 1 is 0.889 bits per heavy atom. The van der Waals surface area contributed by atoms with Gasteiger partial charge in [0.2, 0.25) is 17.7 Å². The third-order valence-corrected chi connectivity index (χ3v) is 3.76. The molecule has 27 heavy (non-hydrogen) atoms. The number of aromatic nitrogens is 2. The summed E-state index contributed by atoms with van der Waals surface area (Å²) in [5, 5.41) is 11.0. The van der Waals surface area contributed by atoms with Crippen LogP contribution in [-0.2, 0) is 4.79 Å². The summed E-state index contributed by atoms with van der Waals surface area (Å²) < 4.78 is 10.9. The van der Waals surface area contributed by atoms with Gasteiger partial charge in [0.25, 0.3) is 0 Å². The number of anilines is 1. The fourth-order valence-electron chi connectivity index (χ4n) is 2.50. The molecule has 2 heterocycles. The molecular formula is C21H15N3O3. The van der Waals surface area contributed by atoms with Gasteiger partial charge in [-0.05, 0) is 48.5 Å². The Morgan fingerprint density at radius 3 is 2.44 bits per heavy atom. The van der Waals surface area contributed by atoms with Gasteiger partial charge in [0.15, 0.2) is 0 Å². The number of hydrogen-bond acceptors (Lipinski definition) is 5. The maximum atomic E-state index is 12.1. The van der Waals surface area contributed by atoms with Crippen molar-refractivity contribution in [3.63, 3.8) is 0 Å². The fourth-order valence-corrected chi connectivity index (χ4v) is 2.50. The summed E-state index contributed by atoms with van der Waals surface area (Å²) in [7, 11) is 0. The first-order chi connectivity index (χ1) is 13.3.